The summed E-state index contributed by atoms with van der Waals surface area (Å²) in [4.78, 5) is 4.30. The van der Waals surface area contributed by atoms with Crippen molar-refractivity contribution >= 4 is 0 Å². The molecule has 1 heterocycles. The van der Waals surface area contributed by atoms with Crippen molar-refractivity contribution in [1.29, 1.82) is 0 Å². The molecule has 0 amide bonds. The van der Waals surface area contributed by atoms with Gasteiger partial charge in [0.05, 0.1) is 7.11 Å². The summed E-state index contributed by atoms with van der Waals surface area (Å²) in [5.74, 6) is 2.03. The van der Waals surface area contributed by atoms with Crippen molar-refractivity contribution in [3.63, 3.8) is 0 Å². The van der Waals surface area contributed by atoms with Gasteiger partial charge < -0.3 is 15.0 Å². The van der Waals surface area contributed by atoms with E-state index in [2.05, 4.69) is 10.1 Å². The maximum absolute atomic E-state index is 5.42. The lowest BCUT2D eigenvalue weighted by atomic mass is 10.2. The topological polar surface area (TPSA) is 74.2 Å². The van der Waals surface area contributed by atoms with Gasteiger partial charge in [-0.15, -0.1) is 0 Å². The molecule has 1 aromatic carbocycles. The Labute approximate surface area is 99.6 Å². The molecule has 0 unspecified atom stereocenters. The summed E-state index contributed by atoms with van der Waals surface area (Å²) in [6, 6.07) is 7.53. The van der Waals surface area contributed by atoms with Crippen molar-refractivity contribution in [3.8, 4) is 17.1 Å². The highest BCUT2D eigenvalue weighted by Gasteiger charge is 2.07. The van der Waals surface area contributed by atoms with Gasteiger partial charge >= 0.3 is 0 Å². The van der Waals surface area contributed by atoms with Crippen molar-refractivity contribution in [3.05, 3.63) is 30.2 Å². The molecular weight excluding hydrogens is 218 g/mol. The molecule has 1 aromatic heterocycles. The van der Waals surface area contributed by atoms with E-state index in [-0.39, 0.29) is 0 Å². The summed E-state index contributed by atoms with van der Waals surface area (Å²) in [6.45, 7) is 0.625. The number of benzene rings is 1. The lowest BCUT2D eigenvalue weighted by Gasteiger charge is -1.98. The first-order valence-electron chi connectivity index (χ1n) is 5.50. The van der Waals surface area contributed by atoms with Crippen LogP contribution in [0.3, 0.4) is 0 Å². The molecule has 5 heteroatoms. The van der Waals surface area contributed by atoms with Gasteiger partial charge in [0, 0.05) is 12.0 Å². The lowest BCUT2D eigenvalue weighted by molar-refractivity contribution is 0.376. The van der Waals surface area contributed by atoms with Crippen LogP contribution in [0.15, 0.2) is 28.8 Å². The molecule has 0 spiro atoms. The largest absolute Gasteiger partial charge is 0.497 e. The Morgan fingerprint density at radius 3 is 2.71 bits per heavy atom. The highest BCUT2D eigenvalue weighted by atomic mass is 16.5. The summed E-state index contributed by atoms with van der Waals surface area (Å²) in [5, 5.41) is 3.93. The molecule has 0 fully saturated rings. The van der Waals surface area contributed by atoms with Crippen LogP contribution in [0.5, 0.6) is 5.75 Å². The van der Waals surface area contributed by atoms with E-state index in [9.17, 15) is 0 Å². The molecule has 17 heavy (non-hydrogen) atoms. The predicted molar refractivity (Wildman–Crippen MR) is 63.7 cm³/mol. The van der Waals surface area contributed by atoms with Gasteiger partial charge in [-0.3, -0.25) is 0 Å². The molecule has 2 N–H and O–H groups in total. The SMILES string of the molecule is COc1ccc(-c2noc(CCCN)n2)cc1. The first-order valence-corrected chi connectivity index (χ1v) is 5.50. The number of methoxy groups -OCH3 is 1. The average Bonchev–Trinajstić information content (AvgIpc) is 2.85. The molecule has 0 saturated carbocycles. The van der Waals surface area contributed by atoms with Gasteiger partial charge in [0.25, 0.3) is 0 Å². The number of aryl methyl sites for hydroxylation is 1. The minimum atomic E-state index is 0.597. The zero-order valence-electron chi connectivity index (χ0n) is 9.72. The molecular formula is C12H15N3O2. The monoisotopic (exact) mass is 233 g/mol. The zero-order valence-corrected chi connectivity index (χ0v) is 9.72. The van der Waals surface area contributed by atoms with Crippen LogP contribution in [0.1, 0.15) is 12.3 Å². The normalized spacial score (nSPS) is 10.5. The molecule has 2 aromatic rings. The number of nitrogens with two attached hydrogens (primary N) is 1. The highest BCUT2D eigenvalue weighted by Crippen LogP contribution is 2.19. The Balaban J connectivity index is 2.12. The number of ether oxygens (including phenoxy) is 1. The highest BCUT2D eigenvalue weighted by molar-refractivity contribution is 5.55. The van der Waals surface area contributed by atoms with Crippen LogP contribution in [0.2, 0.25) is 0 Å². The van der Waals surface area contributed by atoms with Crippen molar-refractivity contribution < 1.29 is 9.26 Å². The van der Waals surface area contributed by atoms with E-state index in [0.717, 1.165) is 24.2 Å². The molecule has 0 bridgehead atoms. The predicted octanol–water partition coefficient (Wildman–Crippen LogP) is 1.64. The Hall–Kier alpha value is -1.88. The molecule has 0 radical (unpaired) electrons. The second-order valence-electron chi connectivity index (χ2n) is 3.63. The summed E-state index contributed by atoms with van der Waals surface area (Å²) in [5.41, 5.74) is 6.33. The Morgan fingerprint density at radius 2 is 2.06 bits per heavy atom. The van der Waals surface area contributed by atoms with Gasteiger partial charge in [0.15, 0.2) is 0 Å². The van der Waals surface area contributed by atoms with Crippen molar-refractivity contribution in [2.75, 3.05) is 13.7 Å². The van der Waals surface area contributed by atoms with Gasteiger partial charge in [-0.05, 0) is 37.2 Å². The van der Waals surface area contributed by atoms with Gasteiger partial charge in [0.2, 0.25) is 11.7 Å². The number of hydrogen-bond donors (Lipinski definition) is 1. The van der Waals surface area contributed by atoms with Gasteiger partial charge in [-0.25, -0.2) is 0 Å². The molecule has 0 atom stereocenters. The quantitative estimate of drug-likeness (QED) is 0.849. The van der Waals surface area contributed by atoms with Crippen LogP contribution in [-0.4, -0.2) is 23.8 Å². The first kappa shape index (κ1) is 11.6. The Morgan fingerprint density at radius 1 is 1.29 bits per heavy atom. The third-order valence-corrected chi connectivity index (χ3v) is 2.41. The fourth-order valence-corrected chi connectivity index (χ4v) is 1.47. The average molecular weight is 233 g/mol. The minimum absolute atomic E-state index is 0.597. The van der Waals surface area contributed by atoms with Gasteiger partial charge in [-0.1, -0.05) is 5.16 Å². The minimum Gasteiger partial charge on any atom is -0.497 e. The van der Waals surface area contributed by atoms with Crippen molar-refractivity contribution in [1.82, 2.24) is 10.1 Å². The fraction of sp³-hybridized carbons (Fsp3) is 0.333. The Kier molecular flexibility index (Phi) is 3.72. The number of aromatic nitrogens is 2. The zero-order chi connectivity index (χ0) is 12.1. The maximum Gasteiger partial charge on any atom is 0.227 e. The third-order valence-electron chi connectivity index (χ3n) is 2.41. The Bertz CT molecular complexity index is 465. The number of nitrogens with zero attached hydrogens (tertiary/aromatic N) is 2. The maximum atomic E-state index is 5.42. The number of rotatable bonds is 5. The summed E-state index contributed by atoms with van der Waals surface area (Å²) < 4.78 is 10.2. The van der Waals surface area contributed by atoms with E-state index in [1.54, 1.807) is 7.11 Å². The van der Waals surface area contributed by atoms with Crippen LogP contribution < -0.4 is 10.5 Å². The van der Waals surface area contributed by atoms with E-state index in [4.69, 9.17) is 15.0 Å². The second-order valence-corrected chi connectivity index (χ2v) is 3.63. The standard InChI is InChI=1S/C12H15N3O2/c1-16-10-6-4-9(5-7-10)12-14-11(17-15-12)3-2-8-13/h4-7H,2-3,8,13H2,1H3. The van der Waals surface area contributed by atoms with Crippen LogP contribution in [0.25, 0.3) is 11.4 Å². The van der Waals surface area contributed by atoms with E-state index in [1.165, 1.54) is 0 Å². The second kappa shape index (κ2) is 5.45. The van der Waals surface area contributed by atoms with Crippen molar-refractivity contribution in [2.24, 2.45) is 5.73 Å². The van der Waals surface area contributed by atoms with Crippen LogP contribution in [0, 0.1) is 0 Å². The van der Waals surface area contributed by atoms with Gasteiger partial charge in [-0.2, -0.15) is 4.98 Å². The van der Waals surface area contributed by atoms with E-state index in [1.807, 2.05) is 24.3 Å². The fourth-order valence-electron chi connectivity index (χ4n) is 1.47. The van der Waals surface area contributed by atoms with Gasteiger partial charge in [0.1, 0.15) is 5.75 Å². The molecule has 0 saturated heterocycles. The molecule has 90 valence electrons. The molecule has 0 aliphatic carbocycles. The van der Waals surface area contributed by atoms with E-state index < -0.39 is 0 Å². The summed E-state index contributed by atoms with van der Waals surface area (Å²) in [7, 11) is 1.63. The summed E-state index contributed by atoms with van der Waals surface area (Å²) in [6.07, 6.45) is 1.57. The van der Waals surface area contributed by atoms with Crippen molar-refractivity contribution in [2.45, 2.75) is 12.8 Å². The van der Waals surface area contributed by atoms with Crippen LogP contribution >= 0.6 is 0 Å². The first-order chi connectivity index (χ1) is 8.33. The molecule has 2 rings (SSSR count). The van der Waals surface area contributed by atoms with E-state index >= 15 is 0 Å². The van der Waals surface area contributed by atoms with Crippen LogP contribution in [-0.2, 0) is 6.42 Å². The lowest BCUT2D eigenvalue weighted by Crippen LogP contribution is -2.00. The molecule has 0 aliphatic rings. The summed E-state index contributed by atoms with van der Waals surface area (Å²) >= 11 is 0. The third kappa shape index (κ3) is 2.82. The molecule has 5 nitrogen and oxygen atoms in total. The number of hydrogen-bond acceptors (Lipinski definition) is 5. The smallest absolute Gasteiger partial charge is 0.227 e. The van der Waals surface area contributed by atoms with Crippen LogP contribution in [0.4, 0.5) is 0 Å². The van der Waals surface area contributed by atoms with E-state index in [0.29, 0.717) is 18.3 Å². The molecule has 0 aliphatic heterocycles.